The van der Waals surface area contributed by atoms with Crippen LogP contribution in [0.5, 0.6) is 0 Å². The Kier molecular flexibility index (Phi) is 60.7. The van der Waals surface area contributed by atoms with E-state index in [2.05, 4.69) is 93.7 Å². The highest BCUT2D eigenvalue weighted by molar-refractivity contribution is 5.71. The zero-order valence-corrected chi connectivity index (χ0v) is 49.8. The standard InChI is InChI=1S/C69H122O6/c1-4-7-10-13-16-19-22-25-28-30-32-34-36-38-41-44-47-50-53-56-59-62-68(71)74-65-66(64-73-67(70)61-58-55-52-49-46-43-40-27-24-21-18-15-12-9-6-3)75-69(72)63-60-57-54-51-48-45-42-39-37-35-33-31-29-26-23-20-17-14-11-8-5-2/h7,10,16,19,25,28,32,34,38,41,47,50,66H,4-6,8-9,11-15,17-18,20-24,26-27,29-31,33,35-37,39-40,42-46,48-49,51-65H2,1-3H3/b10-7-,19-16-,28-25-,34-32-,41-38-,50-47-. The van der Waals surface area contributed by atoms with Crippen LogP contribution in [0, 0.1) is 0 Å². The lowest BCUT2D eigenvalue weighted by molar-refractivity contribution is -0.167. The first-order chi connectivity index (χ1) is 37.0. The van der Waals surface area contributed by atoms with Crippen LogP contribution in [0.25, 0.3) is 0 Å². The molecule has 0 amide bonds. The van der Waals surface area contributed by atoms with Gasteiger partial charge in [-0.2, -0.15) is 0 Å². The topological polar surface area (TPSA) is 78.9 Å². The minimum absolute atomic E-state index is 0.0847. The Balaban J connectivity index is 4.40. The van der Waals surface area contributed by atoms with Crippen molar-refractivity contribution < 1.29 is 28.6 Å². The minimum atomic E-state index is -0.791. The molecule has 0 spiro atoms. The third kappa shape index (κ3) is 61.6. The van der Waals surface area contributed by atoms with E-state index in [-0.39, 0.29) is 31.1 Å². The van der Waals surface area contributed by atoms with Gasteiger partial charge in [-0.1, -0.05) is 312 Å². The number of carbonyl (C=O) groups is 3. The van der Waals surface area contributed by atoms with Gasteiger partial charge in [0.2, 0.25) is 0 Å². The quantitative estimate of drug-likeness (QED) is 0.0261. The van der Waals surface area contributed by atoms with E-state index in [1.165, 1.54) is 193 Å². The number of hydrogen-bond donors (Lipinski definition) is 0. The van der Waals surface area contributed by atoms with E-state index in [1.54, 1.807) is 0 Å². The van der Waals surface area contributed by atoms with E-state index in [9.17, 15) is 14.4 Å². The number of carbonyl (C=O) groups excluding carboxylic acids is 3. The van der Waals surface area contributed by atoms with Gasteiger partial charge in [-0.25, -0.2) is 0 Å². The summed E-state index contributed by atoms with van der Waals surface area (Å²) in [6.45, 7) is 6.54. The summed E-state index contributed by atoms with van der Waals surface area (Å²) in [6, 6.07) is 0. The molecule has 0 aliphatic rings. The van der Waals surface area contributed by atoms with Crippen molar-refractivity contribution in [2.45, 2.75) is 335 Å². The molecule has 6 heteroatoms. The summed E-state index contributed by atoms with van der Waals surface area (Å²) in [5, 5.41) is 0. The molecule has 0 radical (unpaired) electrons. The van der Waals surface area contributed by atoms with E-state index < -0.39 is 6.10 Å². The predicted octanol–water partition coefficient (Wildman–Crippen LogP) is 22.1. The Morgan fingerprint density at radius 3 is 0.813 bits per heavy atom. The number of hydrogen-bond acceptors (Lipinski definition) is 6. The minimum Gasteiger partial charge on any atom is -0.462 e. The lowest BCUT2D eigenvalue weighted by Crippen LogP contribution is -2.30. The highest BCUT2D eigenvalue weighted by Crippen LogP contribution is 2.17. The molecule has 0 aromatic rings. The molecule has 0 fully saturated rings. The van der Waals surface area contributed by atoms with Crippen LogP contribution in [0.4, 0.5) is 0 Å². The summed E-state index contributed by atoms with van der Waals surface area (Å²) in [7, 11) is 0. The Bertz CT molecular complexity index is 1390. The van der Waals surface area contributed by atoms with Crippen LogP contribution in [0.15, 0.2) is 72.9 Å². The van der Waals surface area contributed by atoms with Crippen molar-refractivity contribution in [1.29, 1.82) is 0 Å². The fourth-order valence-corrected chi connectivity index (χ4v) is 9.39. The fourth-order valence-electron chi connectivity index (χ4n) is 9.39. The molecule has 75 heavy (non-hydrogen) atoms. The second kappa shape index (κ2) is 63.4. The van der Waals surface area contributed by atoms with Gasteiger partial charge < -0.3 is 14.2 Å². The van der Waals surface area contributed by atoms with E-state index >= 15 is 0 Å². The van der Waals surface area contributed by atoms with Crippen LogP contribution < -0.4 is 0 Å². The van der Waals surface area contributed by atoms with Gasteiger partial charge in [0.05, 0.1) is 0 Å². The molecule has 0 rings (SSSR count). The van der Waals surface area contributed by atoms with E-state index in [0.717, 1.165) is 96.3 Å². The Hall–Kier alpha value is -3.15. The fraction of sp³-hybridized carbons (Fsp3) is 0.783. The first kappa shape index (κ1) is 71.8. The highest BCUT2D eigenvalue weighted by Gasteiger charge is 2.19. The lowest BCUT2D eigenvalue weighted by atomic mass is 10.0. The van der Waals surface area contributed by atoms with Crippen molar-refractivity contribution in [3.05, 3.63) is 72.9 Å². The van der Waals surface area contributed by atoms with Crippen LogP contribution in [-0.2, 0) is 28.6 Å². The first-order valence-corrected chi connectivity index (χ1v) is 32.4. The monoisotopic (exact) mass is 1050 g/mol. The summed E-state index contributed by atoms with van der Waals surface area (Å²) in [6.07, 6.45) is 82.0. The van der Waals surface area contributed by atoms with Gasteiger partial charge in [0.15, 0.2) is 6.10 Å². The van der Waals surface area contributed by atoms with Crippen LogP contribution in [0.2, 0.25) is 0 Å². The molecule has 434 valence electrons. The van der Waals surface area contributed by atoms with Crippen molar-refractivity contribution in [1.82, 2.24) is 0 Å². The second-order valence-corrected chi connectivity index (χ2v) is 21.7. The zero-order chi connectivity index (χ0) is 54.3. The molecule has 0 saturated carbocycles. The molecule has 1 atom stereocenters. The Morgan fingerprint density at radius 2 is 0.520 bits per heavy atom. The SMILES string of the molecule is CC/C=C\C/C=C\C/C=C\C/C=C\C/C=C\C/C=C\CCCCC(=O)OCC(COC(=O)CCCCCCCCCCCCCCCCC)OC(=O)CCCCCCCCCCCCCCCCCCCCCCC. The number of esters is 3. The van der Waals surface area contributed by atoms with Crippen LogP contribution >= 0.6 is 0 Å². The Labute approximate surface area is 465 Å². The molecular weight excluding hydrogens is 925 g/mol. The number of allylic oxidation sites excluding steroid dienone is 12. The third-order valence-corrected chi connectivity index (χ3v) is 14.2. The third-order valence-electron chi connectivity index (χ3n) is 14.2. The predicted molar refractivity (Wildman–Crippen MR) is 325 cm³/mol. The van der Waals surface area contributed by atoms with Crippen LogP contribution in [-0.4, -0.2) is 37.2 Å². The maximum Gasteiger partial charge on any atom is 0.306 e. The van der Waals surface area contributed by atoms with Gasteiger partial charge in [-0.3, -0.25) is 14.4 Å². The lowest BCUT2D eigenvalue weighted by Gasteiger charge is -2.18. The largest absolute Gasteiger partial charge is 0.462 e. The van der Waals surface area contributed by atoms with Gasteiger partial charge >= 0.3 is 17.9 Å². The van der Waals surface area contributed by atoms with Crippen molar-refractivity contribution in [2.24, 2.45) is 0 Å². The maximum absolute atomic E-state index is 12.9. The Morgan fingerprint density at radius 1 is 0.280 bits per heavy atom. The molecule has 1 unspecified atom stereocenters. The average molecular weight is 1050 g/mol. The second-order valence-electron chi connectivity index (χ2n) is 21.7. The van der Waals surface area contributed by atoms with Gasteiger partial charge in [-0.15, -0.1) is 0 Å². The van der Waals surface area contributed by atoms with Crippen molar-refractivity contribution in [3.63, 3.8) is 0 Å². The van der Waals surface area contributed by atoms with E-state index in [0.29, 0.717) is 19.3 Å². The van der Waals surface area contributed by atoms with Crippen LogP contribution in [0.3, 0.4) is 0 Å². The molecular formula is C69H122O6. The maximum atomic E-state index is 12.9. The summed E-state index contributed by atoms with van der Waals surface area (Å²) >= 11 is 0. The summed E-state index contributed by atoms with van der Waals surface area (Å²) in [5.41, 5.74) is 0. The van der Waals surface area contributed by atoms with Gasteiger partial charge in [0, 0.05) is 19.3 Å². The summed E-state index contributed by atoms with van der Waals surface area (Å²) in [5.74, 6) is -0.910. The van der Waals surface area contributed by atoms with Crippen molar-refractivity contribution >= 4 is 17.9 Å². The molecule has 0 N–H and O–H groups in total. The first-order valence-electron chi connectivity index (χ1n) is 32.4. The normalized spacial score (nSPS) is 12.5. The molecule has 0 saturated heterocycles. The smallest absolute Gasteiger partial charge is 0.306 e. The molecule has 6 nitrogen and oxygen atoms in total. The number of ether oxygens (including phenoxy) is 3. The average Bonchev–Trinajstić information content (AvgIpc) is 3.41. The van der Waals surface area contributed by atoms with Crippen molar-refractivity contribution in [3.8, 4) is 0 Å². The molecule has 0 heterocycles. The van der Waals surface area contributed by atoms with E-state index in [4.69, 9.17) is 14.2 Å². The molecule has 0 aliphatic heterocycles. The molecule has 0 bridgehead atoms. The van der Waals surface area contributed by atoms with Gasteiger partial charge in [0.1, 0.15) is 13.2 Å². The molecule has 0 aromatic carbocycles. The molecule has 0 aliphatic carbocycles. The van der Waals surface area contributed by atoms with Gasteiger partial charge in [-0.05, 0) is 70.6 Å². The molecule has 0 aromatic heterocycles. The summed E-state index contributed by atoms with van der Waals surface area (Å²) in [4.78, 5) is 38.3. The van der Waals surface area contributed by atoms with Gasteiger partial charge in [0.25, 0.3) is 0 Å². The van der Waals surface area contributed by atoms with Crippen LogP contribution in [0.1, 0.15) is 329 Å². The van der Waals surface area contributed by atoms with E-state index in [1.807, 2.05) is 0 Å². The van der Waals surface area contributed by atoms with Crippen molar-refractivity contribution in [2.75, 3.05) is 13.2 Å². The summed E-state index contributed by atoms with van der Waals surface area (Å²) < 4.78 is 16.9. The zero-order valence-electron chi connectivity index (χ0n) is 49.8. The highest BCUT2D eigenvalue weighted by atomic mass is 16.6. The number of unbranched alkanes of at least 4 members (excludes halogenated alkanes) is 36. The number of rotatable bonds is 59.